The van der Waals surface area contributed by atoms with Gasteiger partial charge in [-0.25, -0.2) is 4.79 Å². The van der Waals surface area contributed by atoms with Gasteiger partial charge in [0.15, 0.2) is 0 Å². The van der Waals surface area contributed by atoms with Crippen LogP contribution in [-0.4, -0.2) is 23.0 Å². The number of carbonyl (C=O) groups excluding carboxylic acids is 1. The van der Waals surface area contributed by atoms with Gasteiger partial charge >= 0.3 is 5.97 Å². The molecule has 0 unspecified atom stereocenters. The molecule has 23 heavy (non-hydrogen) atoms. The van der Waals surface area contributed by atoms with Crippen molar-refractivity contribution >= 4 is 18.0 Å². The van der Waals surface area contributed by atoms with Crippen molar-refractivity contribution in [3.05, 3.63) is 77.4 Å². The van der Waals surface area contributed by atoms with Gasteiger partial charge < -0.3 is 10.4 Å². The maximum Gasteiger partial charge on any atom is 0.326 e. The third-order valence-corrected chi connectivity index (χ3v) is 3.43. The highest BCUT2D eigenvalue weighted by Gasteiger charge is 2.20. The first-order valence-electron chi connectivity index (χ1n) is 7.37. The molecule has 0 heterocycles. The molecule has 2 aromatic rings. The summed E-state index contributed by atoms with van der Waals surface area (Å²) in [5.74, 6) is -1.42. The average Bonchev–Trinajstić information content (AvgIpc) is 2.56. The van der Waals surface area contributed by atoms with Crippen LogP contribution >= 0.6 is 0 Å². The summed E-state index contributed by atoms with van der Waals surface area (Å²) in [6.07, 6.45) is 1.98. The molecule has 0 saturated carbocycles. The lowest BCUT2D eigenvalue weighted by atomic mass is 10.1. The first kappa shape index (κ1) is 16.5. The van der Waals surface area contributed by atoms with Gasteiger partial charge in [0.25, 0.3) is 0 Å². The van der Waals surface area contributed by atoms with E-state index in [4.69, 9.17) is 0 Å². The molecule has 2 N–H and O–H groups in total. The Kier molecular flexibility index (Phi) is 5.69. The normalized spacial score (nSPS) is 12.5. The fraction of sp³-hybridized carbons (Fsp3) is 0.158. The standard InChI is InChI=1S/C19H19NO3/c1-14(12-15-8-4-2-5-9-15)18(21)20-17(19(22)23)13-16-10-6-3-7-11-16/h2-12,17H,13H2,1H3,(H,20,21)(H,22,23)/b14-12-/t17-/m0/s1. The Hall–Kier alpha value is -2.88. The highest BCUT2D eigenvalue weighted by Crippen LogP contribution is 2.08. The van der Waals surface area contributed by atoms with E-state index in [0.717, 1.165) is 11.1 Å². The first-order chi connectivity index (χ1) is 11.1. The number of amides is 1. The summed E-state index contributed by atoms with van der Waals surface area (Å²) in [5, 5.41) is 11.9. The molecule has 0 radical (unpaired) electrons. The van der Waals surface area contributed by atoms with E-state index in [9.17, 15) is 14.7 Å². The van der Waals surface area contributed by atoms with E-state index in [0.29, 0.717) is 5.57 Å². The van der Waals surface area contributed by atoms with Crippen LogP contribution in [0.5, 0.6) is 0 Å². The summed E-state index contributed by atoms with van der Waals surface area (Å²) in [7, 11) is 0. The quantitative estimate of drug-likeness (QED) is 0.806. The highest BCUT2D eigenvalue weighted by molar-refractivity contribution is 5.99. The predicted octanol–water partition coefficient (Wildman–Crippen LogP) is 2.90. The molecule has 0 saturated heterocycles. The van der Waals surface area contributed by atoms with Crippen LogP contribution in [0.2, 0.25) is 0 Å². The molecule has 0 fully saturated rings. The number of carboxylic acids is 1. The summed E-state index contributed by atoms with van der Waals surface area (Å²) in [4.78, 5) is 23.6. The number of carbonyl (C=O) groups is 2. The zero-order valence-corrected chi connectivity index (χ0v) is 12.9. The molecule has 0 spiro atoms. The zero-order valence-electron chi connectivity index (χ0n) is 12.9. The second-order valence-corrected chi connectivity index (χ2v) is 5.29. The summed E-state index contributed by atoms with van der Waals surface area (Å²) < 4.78 is 0. The maximum atomic E-state index is 12.2. The van der Waals surface area contributed by atoms with Crippen molar-refractivity contribution in [1.82, 2.24) is 5.32 Å². The van der Waals surface area contributed by atoms with Gasteiger partial charge in [-0.05, 0) is 24.1 Å². The van der Waals surface area contributed by atoms with Crippen molar-refractivity contribution < 1.29 is 14.7 Å². The smallest absolute Gasteiger partial charge is 0.326 e. The molecular formula is C19H19NO3. The molecule has 0 bridgehead atoms. The van der Waals surface area contributed by atoms with Gasteiger partial charge in [-0.3, -0.25) is 4.79 Å². The second-order valence-electron chi connectivity index (χ2n) is 5.29. The third-order valence-electron chi connectivity index (χ3n) is 3.43. The summed E-state index contributed by atoms with van der Waals surface area (Å²) in [6, 6.07) is 17.7. The molecular weight excluding hydrogens is 290 g/mol. The van der Waals surface area contributed by atoms with E-state index in [2.05, 4.69) is 5.32 Å². The van der Waals surface area contributed by atoms with Crippen molar-refractivity contribution in [2.24, 2.45) is 0 Å². The van der Waals surface area contributed by atoms with E-state index < -0.39 is 12.0 Å². The van der Waals surface area contributed by atoms with E-state index >= 15 is 0 Å². The van der Waals surface area contributed by atoms with Crippen LogP contribution in [-0.2, 0) is 16.0 Å². The Morgan fingerprint density at radius 2 is 1.61 bits per heavy atom. The molecule has 0 aliphatic rings. The average molecular weight is 309 g/mol. The van der Waals surface area contributed by atoms with Crippen LogP contribution < -0.4 is 5.32 Å². The monoisotopic (exact) mass is 309 g/mol. The van der Waals surface area contributed by atoms with Crippen molar-refractivity contribution in [2.75, 3.05) is 0 Å². The van der Waals surface area contributed by atoms with Crippen molar-refractivity contribution in [3.63, 3.8) is 0 Å². The Balaban J connectivity index is 2.06. The van der Waals surface area contributed by atoms with E-state index in [1.54, 1.807) is 13.0 Å². The van der Waals surface area contributed by atoms with Crippen molar-refractivity contribution in [3.8, 4) is 0 Å². The van der Waals surface area contributed by atoms with Gasteiger partial charge in [-0.15, -0.1) is 0 Å². The molecule has 0 aromatic heterocycles. The number of nitrogens with one attached hydrogen (secondary N) is 1. The molecule has 0 aliphatic heterocycles. The largest absolute Gasteiger partial charge is 0.480 e. The third kappa shape index (κ3) is 5.11. The minimum Gasteiger partial charge on any atom is -0.480 e. The van der Waals surface area contributed by atoms with Crippen LogP contribution in [0.25, 0.3) is 6.08 Å². The van der Waals surface area contributed by atoms with Gasteiger partial charge in [-0.1, -0.05) is 60.7 Å². The van der Waals surface area contributed by atoms with Crippen molar-refractivity contribution in [1.29, 1.82) is 0 Å². The van der Waals surface area contributed by atoms with E-state index in [1.807, 2.05) is 60.7 Å². The lowest BCUT2D eigenvalue weighted by Gasteiger charge is -2.15. The fourth-order valence-corrected chi connectivity index (χ4v) is 2.19. The minimum absolute atomic E-state index is 0.251. The Morgan fingerprint density at radius 3 is 2.17 bits per heavy atom. The van der Waals surface area contributed by atoms with Gasteiger partial charge in [0.05, 0.1) is 0 Å². The Bertz CT molecular complexity index is 693. The SMILES string of the molecule is C/C(=C/c1ccccc1)C(=O)N[C@@H](Cc1ccccc1)C(=O)O. The molecule has 2 rings (SSSR count). The van der Waals surface area contributed by atoms with Crippen LogP contribution in [0.1, 0.15) is 18.1 Å². The second kappa shape index (κ2) is 7.94. The highest BCUT2D eigenvalue weighted by atomic mass is 16.4. The van der Waals surface area contributed by atoms with Crippen LogP contribution in [0, 0.1) is 0 Å². The molecule has 4 nitrogen and oxygen atoms in total. The van der Waals surface area contributed by atoms with Gasteiger partial charge in [-0.2, -0.15) is 0 Å². The topological polar surface area (TPSA) is 66.4 Å². The lowest BCUT2D eigenvalue weighted by molar-refractivity contribution is -0.141. The number of carboxylic acid groups (broad SMARTS) is 1. The number of rotatable bonds is 6. The van der Waals surface area contributed by atoms with Gasteiger partial charge in [0.2, 0.25) is 5.91 Å². The van der Waals surface area contributed by atoms with Crippen LogP contribution in [0.3, 0.4) is 0 Å². The van der Waals surface area contributed by atoms with Crippen LogP contribution in [0.4, 0.5) is 0 Å². The zero-order chi connectivity index (χ0) is 16.7. The first-order valence-corrected chi connectivity index (χ1v) is 7.37. The summed E-state index contributed by atoms with van der Waals surface area (Å²) >= 11 is 0. The fourth-order valence-electron chi connectivity index (χ4n) is 2.19. The van der Waals surface area contributed by atoms with Crippen LogP contribution in [0.15, 0.2) is 66.2 Å². The molecule has 0 aliphatic carbocycles. The Morgan fingerprint density at radius 1 is 1.04 bits per heavy atom. The molecule has 1 amide bonds. The van der Waals surface area contributed by atoms with Crippen molar-refractivity contribution in [2.45, 2.75) is 19.4 Å². The summed E-state index contributed by atoms with van der Waals surface area (Å²) in [6.45, 7) is 1.67. The predicted molar refractivity (Wildman–Crippen MR) is 89.8 cm³/mol. The Labute approximate surface area is 135 Å². The number of aliphatic carboxylic acids is 1. The molecule has 2 aromatic carbocycles. The molecule has 4 heteroatoms. The van der Waals surface area contributed by atoms with E-state index in [1.165, 1.54) is 0 Å². The molecule has 118 valence electrons. The number of hydrogen-bond donors (Lipinski definition) is 2. The maximum absolute atomic E-state index is 12.2. The van der Waals surface area contributed by atoms with Gasteiger partial charge in [0, 0.05) is 12.0 Å². The number of benzene rings is 2. The van der Waals surface area contributed by atoms with Gasteiger partial charge in [0.1, 0.15) is 6.04 Å². The lowest BCUT2D eigenvalue weighted by Crippen LogP contribution is -2.42. The van der Waals surface area contributed by atoms with E-state index in [-0.39, 0.29) is 12.3 Å². The summed E-state index contributed by atoms with van der Waals surface area (Å²) in [5.41, 5.74) is 2.23. The number of hydrogen-bond acceptors (Lipinski definition) is 2. The minimum atomic E-state index is -1.05. The molecule has 1 atom stereocenters.